The van der Waals surface area contributed by atoms with Gasteiger partial charge in [-0.3, -0.25) is 4.79 Å². The van der Waals surface area contributed by atoms with Crippen molar-refractivity contribution >= 4 is 22.8 Å². The van der Waals surface area contributed by atoms with Gasteiger partial charge in [-0.1, -0.05) is 30.9 Å². The van der Waals surface area contributed by atoms with Gasteiger partial charge in [-0.2, -0.15) is 13.2 Å². The first-order valence-electron chi connectivity index (χ1n) is 5.81. The van der Waals surface area contributed by atoms with Crippen LogP contribution in [0.4, 0.5) is 13.2 Å². The lowest BCUT2D eigenvalue weighted by molar-refractivity contribution is -0.163. The summed E-state index contributed by atoms with van der Waals surface area (Å²) in [6.07, 6.45) is -4.47. The molecule has 20 heavy (non-hydrogen) atoms. The lowest BCUT2D eigenvalue weighted by Crippen LogP contribution is -2.19. The van der Waals surface area contributed by atoms with Crippen molar-refractivity contribution in [2.75, 3.05) is 0 Å². The van der Waals surface area contributed by atoms with Crippen LogP contribution >= 0.6 is 0 Å². The molecule has 2 rings (SSSR count). The summed E-state index contributed by atoms with van der Waals surface area (Å²) in [7, 11) is 0. The van der Waals surface area contributed by atoms with Crippen molar-refractivity contribution in [2.45, 2.75) is 12.6 Å². The van der Waals surface area contributed by atoms with Crippen molar-refractivity contribution in [3.63, 3.8) is 0 Å². The molecule has 0 fully saturated rings. The van der Waals surface area contributed by atoms with Gasteiger partial charge in [-0.05, 0) is 34.5 Å². The Hall–Kier alpha value is -2.30. The largest absolute Gasteiger partial charge is 0.426 e. The molecule has 5 heteroatoms. The van der Waals surface area contributed by atoms with Crippen LogP contribution in [0, 0.1) is 0 Å². The summed E-state index contributed by atoms with van der Waals surface area (Å²) in [5, 5.41) is 1.66. The van der Waals surface area contributed by atoms with Crippen LogP contribution < -0.4 is 4.74 Å². The van der Waals surface area contributed by atoms with Crippen LogP contribution in [0.15, 0.2) is 43.0 Å². The van der Waals surface area contributed by atoms with Crippen LogP contribution in [0.1, 0.15) is 12.0 Å². The molecule has 104 valence electrons. The zero-order valence-corrected chi connectivity index (χ0v) is 10.4. The number of hydrogen-bond acceptors (Lipinski definition) is 2. The van der Waals surface area contributed by atoms with Crippen molar-refractivity contribution in [1.29, 1.82) is 0 Å². The maximum atomic E-state index is 12.0. The molecule has 0 N–H and O–H groups in total. The Balaban J connectivity index is 2.20. The fourth-order valence-corrected chi connectivity index (χ4v) is 1.76. The fraction of sp³-hybridized carbons (Fsp3) is 0.133. The highest BCUT2D eigenvalue weighted by Crippen LogP contribution is 2.25. The van der Waals surface area contributed by atoms with Crippen molar-refractivity contribution in [1.82, 2.24) is 0 Å². The van der Waals surface area contributed by atoms with E-state index in [9.17, 15) is 18.0 Å². The van der Waals surface area contributed by atoms with Crippen LogP contribution in [0.2, 0.25) is 0 Å². The predicted molar refractivity (Wildman–Crippen MR) is 70.3 cm³/mol. The molecule has 2 aromatic carbocycles. The highest BCUT2D eigenvalue weighted by atomic mass is 19.4. The summed E-state index contributed by atoms with van der Waals surface area (Å²) in [4.78, 5) is 11.1. The number of hydrogen-bond donors (Lipinski definition) is 0. The molecule has 0 heterocycles. The zero-order valence-electron chi connectivity index (χ0n) is 10.4. The van der Waals surface area contributed by atoms with Gasteiger partial charge in [0, 0.05) is 0 Å². The van der Waals surface area contributed by atoms with E-state index in [-0.39, 0.29) is 5.75 Å². The Morgan fingerprint density at radius 3 is 2.45 bits per heavy atom. The summed E-state index contributed by atoms with van der Waals surface area (Å²) in [5.74, 6) is -1.22. The molecule has 2 nitrogen and oxygen atoms in total. The van der Waals surface area contributed by atoms with Gasteiger partial charge in [0.1, 0.15) is 12.2 Å². The first-order chi connectivity index (χ1) is 9.37. The third-order valence-electron chi connectivity index (χ3n) is 2.65. The number of rotatable bonds is 3. The molecular formula is C15H11F3O2. The number of carbonyl (C=O) groups excluding carboxylic acids is 1. The second-order valence-electron chi connectivity index (χ2n) is 4.24. The molecule has 0 aromatic heterocycles. The van der Waals surface area contributed by atoms with E-state index < -0.39 is 18.6 Å². The average Bonchev–Trinajstić information content (AvgIpc) is 2.35. The number of carbonyl (C=O) groups is 1. The summed E-state index contributed by atoms with van der Waals surface area (Å²) in [6.45, 7) is 3.65. The number of fused-ring (bicyclic) bond motifs is 1. The molecule has 0 amide bonds. The number of halogens is 3. The van der Waals surface area contributed by atoms with Crippen LogP contribution in [0.25, 0.3) is 16.8 Å². The summed E-state index contributed by atoms with van der Waals surface area (Å²) < 4.78 is 40.8. The highest BCUT2D eigenvalue weighted by Gasteiger charge is 2.32. The van der Waals surface area contributed by atoms with E-state index in [0.29, 0.717) is 0 Å². The second-order valence-corrected chi connectivity index (χ2v) is 4.24. The smallest absolute Gasteiger partial charge is 0.399 e. The van der Waals surface area contributed by atoms with E-state index in [0.717, 1.165) is 16.3 Å². The molecule has 0 bridgehead atoms. The third kappa shape index (κ3) is 3.60. The number of esters is 1. The Morgan fingerprint density at radius 1 is 1.15 bits per heavy atom. The van der Waals surface area contributed by atoms with Crippen LogP contribution in [0.5, 0.6) is 5.75 Å². The summed E-state index contributed by atoms with van der Waals surface area (Å²) in [6, 6.07) is 10.1. The molecule has 0 atom stereocenters. The standard InChI is InChI=1S/C15H11F3O2/c1-2-10-3-4-12-8-13(6-5-11(12)7-10)20-14(19)9-15(16,17)18/h2-8H,1,9H2. The Kier molecular flexibility index (Phi) is 3.79. The van der Waals surface area contributed by atoms with E-state index in [1.807, 2.05) is 12.1 Å². The average molecular weight is 280 g/mol. The predicted octanol–water partition coefficient (Wildman–Crippen LogP) is 4.34. The molecule has 0 aliphatic carbocycles. The highest BCUT2D eigenvalue weighted by molar-refractivity contribution is 5.86. The van der Waals surface area contributed by atoms with Gasteiger partial charge in [-0.25, -0.2) is 0 Å². The molecular weight excluding hydrogens is 269 g/mol. The lowest BCUT2D eigenvalue weighted by atomic mass is 10.1. The van der Waals surface area contributed by atoms with Crippen LogP contribution in [-0.4, -0.2) is 12.1 Å². The number of alkyl halides is 3. The van der Waals surface area contributed by atoms with Crippen LogP contribution in [-0.2, 0) is 4.79 Å². The Morgan fingerprint density at radius 2 is 1.80 bits per heavy atom. The number of benzene rings is 2. The van der Waals surface area contributed by atoms with E-state index in [4.69, 9.17) is 0 Å². The minimum atomic E-state index is -4.56. The van der Waals surface area contributed by atoms with Crippen molar-refractivity contribution in [2.24, 2.45) is 0 Å². The van der Waals surface area contributed by atoms with Gasteiger partial charge in [0.15, 0.2) is 0 Å². The normalized spacial score (nSPS) is 11.3. The minimum Gasteiger partial charge on any atom is -0.426 e. The molecule has 0 radical (unpaired) electrons. The van der Waals surface area contributed by atoms with Crippen molar-refractivity contribution in [3.05, 3.63) is 48.5 Å². The molecule has 0 saturated carbocycles. The number of ether oxygens (including phenoxy) is 1. The minimum absolute atomic E-state index is 0.0955. The molecule has 0 saturated heterocycles. The SMILES string of the molecule is C=Cc1ccc2cc(OC(=O)CC(F)(F)F)ccc2c1. The molecule has 0 spiro atoms. The summed E-state index contributed by atoms with van der Waals surface area (Å²) >= 11 is 0. The Bertz CT molecular complexity index is 660. The van der Waals surface area contributed by atoms with E-state index >= 15 is 0 Å². The zero-order chi connectivity index (χ0) is 14.8. The fourth-order valence-electron chi connectivity index (χ4n) is 1.76. The van der Waals surface area contributed by atoms with Crippen molar-refractivity contribution in [3.8, 4) is 5.75 Å². The van der Waals surface area contributed by atoms with E-state index in [2.05, 4.69) is 11.3 Å². The second kappa shape index (κ2) is 5.36. The van der Waals surface area contributed by atoms with Gasteiger partial charge >= 0.3 is 12.1 Å². The monoisotopic (exact) mass is 280 g/mol. The maximum Gasteiger partial charge on any atom is 0.399 e. The topological polar surface area (TPSA) is 26.3 Å². The first kappa shape index (κ1) is 14.1. The Labute approximate surface area is 113 Å². The summed E-state index contributed by atoms with van der Waals surface area (Å²) in [5.41, 5.74) is 0.930. The lowest BCUT2D eigenvalue weighted by Gasteiger charge is -2.08. The van der Waals surface area contributed by atoms with Gasteiger partial charge < -0.3 is 4.74 Å². The first-order valence-corrected chi connectivity index (χ1v) is 5.81. The van der Waals surface area contributed by atoms with Gasteiger partial charge in [0.25, 0.3) is 0 Å². The molecule has 0 unspecified atom stereocenters. The van der Waals surface area contributed by atoms with Crippen LogP contribution in [0.3, 0.4) is 0 Å². The molecule has 0 aliphatic heterocycles. The molecule has 2 aromatic rings. The van der Waals surface area contributed by atoms with E-state index in [1.54, 1.807) is 18.2 Å². The van der Waals surface area contributed by atoms with Gasteiger partial charge in [-0.15, -0.1) is 0 Å². The third-order valence-corrected chi connectivity index (χ3v) is 2.65. The van der Waals surface area contributed by atoms with Gasteiger partial charge in [0.2, 0.25) is 0 Å². The quantitative estimate of drug-likeness (QED) is 0.617. The maximum absolute atomic E-state index is 12.0. The molecule has 0 aliphatic rings. The van der Waals surface area contributed by atoms with Crippen molar-refractivity contribution < 1.29 is 22.7 Å². The van der Waals surface area contributed by atoms with Gasteiger partial charge in [0.05, 0.1) is 0 Å². The van der Waals surface area contributed by atoms with E-state index in [1.165, 1.54) is 12.1 Å².